The third-order valence-corrected chi connectivity index (χ3v) is 5.11. The van der Waals surface area contributed by atoms with Crippen LogP contribution in [-0.4, -0.2) is 32.5 Å². The summed E-state index contributed by atoms with van der Waals surface area (Å²) in [5, 5.41) is 12.4. The van der Waals surface area contributed by atoms with Crippen molar-refractivity contribution in [1.29, 1.82) is 0 Å². The zero-order chi connectivity index (χ0) is 17.7. The molecule has 0 aliphatic rings. The first-order valence-corrected chi connectivity index (χ1v) is 9.34. The van der Waals surface area contributed by atoms with Crippen LogP contribution in [0.15, 0.2) is 29.4 Å². The molecule has 24 heavy (non-hydrogen) atoms. The lowest BCUT2D eigenvalue weighted by Crippen LogP contribution is -2.37. The molecule has 1 atom stereocenters. The van der Waals surface area contributed by atoms with Crippen molar-refractivity contribution in [2.45, 2.75) is 52.4 Å². The van der Waals surface area contributed by atoms with Gasteiger partial charge in [0, 0.05) is 18.2 Å². The van der Waals surface area contributed by atoms with Gasteiger partial charge in [0.15, 0.2) is 11.0 Å². The number of rotatable bonds is 7. The van der Waals surface area contributed by atoms with E-state index in [-0.39, 0.29) is 11.9 Å². The van der Waals surface area contributed by atoms with Gasteiger partial charge in [0.2, 0.25) is 5.91 Å². The smallest absolute Gasteiger partial charge is 0.230 e. The second-order valence-corrected chi connectivity index (χ2v) is 7.20. The normalized spacial score (nSPS) is 12.4. The predicted octanol–water partition coefficient (Wildman–Crippen LogP) is 3.53. The van der Waals surface area contributed by atoms with E-state index in [2.05, 4.69) is 59.9 Å². The molecule has 0 spiro atoms. The van der Waals surface area contributed by atoms with E-state index < -0.39 is 0 Å². The fourth-order valence-electron chi connectivity index (χ4n) is 2.30. The highest BCUT2D eigenvalue weighted by atomic mass is 32.2. The van der Waals surface area contributed by atoms with E-state index in [1.807, 2.05) is 19.1 Å². The van der Waals surface area contributed by atoms with Crippen molar-refractivity contribution in [1.82, 2.24) is 20.1 Å². The third-order valence-electron chi connectivity index (χ3n) is 4.14. The van der Waals surface area contributed by atoms with Gasteiger partial charge < -0.3 is 9.88 Å². The number of nitrogens with one attached hydrogen (secondary N) is 1. The zero-order valence-corrected chi connectivity index (χ0v) is 15.9. The number of hydrogen-bond donors (Lipinski definition) is 1. The van der Waals surface area contributed by atoms with Crippen LogP contribution in [0.1, 0.15) is 33.3 Å². The van der Waals surface area contributed by atoms with Crippen LogP contribution in [0, 0.1) is 12.8 Å². The summed E-state index contributed by atoms with van der Waals surface area (Å²) in [5.74, 6) is 1.66. The van der Waals surface area contributed by atoms with Crippen LogP contribution < -0.4 is 5.32 Å². The lowest BCUT2D eigenvalue weighted by atomic mass is 10.1. The minimum Gasteiger partial charge on any atom is -0.353 e. The maximum Gasteiger partial charge on any atom is 0.230 e. The van der Waals surface area contributed by atoms with E-state index in [1.165, 1.54) is 17.3 Å². The molecule has 0 saturated heterocycles. The topological polar surface area (TPSA) is 59.8 Å². The summed E-state index contributed by atoms with van der Waals surface area (Å²) in [6.45, 7) is 11.1. The SMILES string of the molecule is CCn1c(SCC(=O)N[C@H](C)C(C)C)nnc1-c1ccccc1C. The average Bonchev–Trinajstić information content (AvgIpc) is 2.95. The molecule has 0 aliphatic carbocycles. The Hall–Kier alpha value is -1.82. The van der Waals surface area contributed by atoms with Gasteiger partial charge in [0.1, 0.15) is 0 Å². The highest BCUT2D eigenvalue weighted by molar-refractivity contribution is 7.99. The summed E-state index contributed by atoms with van der Waals surface area (Å²) in [7, 11) is 0. The molecule has 1 aromatic heterocycles. The van der Waals surface area contributed by atoms with Gasteiger partial charge >= 0.3 is 0 Å². The predicted molar refractivity (Wildman–Crippen MR) is 99.0 cm³/mol. The lowest BCUT2D eigenvalue weighted by Gasteiger charge is -2.17. The quantitative estimate of drug-likeness (QED) is 0.779. The molecule has 0 unspecified atom stereocenters. The first-order chi connectivity index (χ1) is 11.4. The van der Waals surface area contributed by atoms with E-state index in [9.17, 15) is 4.79 Å². The summed E-state index contributed by atoms with van der Waals surface area (Å²) in [6.07, 6.45) is 0. The number of nitrogens with zero attached hydrogens (tertiary/aromatic N) is 3. The van der Waals surface area contributed by atoms with Crippen LogP contribution in [-0.2, 0) is 11.3 Å². The molecule has 0 aliphatic heterocycles. The Bertz CT molecular complexity index is 696. The number of amides is 1. The van der Waals surface area contributed by atoms with Crippen LogP contribution in [0.4, 0.5) is 0 Å². The summed E-state index contributed by atoms with van der Waals surface area (Å²) < 4.78 is 2.06. The summed E-state index contributed by atoms with van der Waals surface area (Å²) in [6, 6.07) is 8.31. The number of carbonyl (C=O) groups excluding carboxylic acids is 1. The van der Waals surface area contributed by atoms with E-state index in [0.717, 1.165) is 23.1 Å². The van der Waals surface area contributed by atoms with Crippen molar-refractivity contribution in [2.75, 3.05) is 5.75 Å². The van der Waals surface area contributed by atoms with Gasteiger partial charge in [0.05, 0.1) is 5.75 Å². The number of aromatic nitrogens is 3. The number of hydrogen-bond acceptors (Lipinski definition) is 4. The number of aryl methyl sites for hydroxylation is 1. The van der Waals surface area contributed by atoms with Crippen molar-refractivity contribution < 1.29 is 4.79 Å². The lowest BCUT2D eigenvalue weighted by molar-refractivity contribution is -0.119. The second-order valence-electron chi connectivity index (χ2n) is 6.25. The Labute approximate surface area is 148 Å². The monoisotopic (exact) mass is 346 g/mol. The Morgan fingerprint density at radius 1 is 1.25 bits per heavy atom. The molecule has 130 valence electrons. The van der Waals surface area contributed by atoms with Gasteiger partial charge in [-0.05, 0) is 32.3 Å². The summed E-state index contributed by atoms with van der Waals surface area (Å²) in [5.41, 5.74) is 2.25. The molecule has 0 radical (unpaired) electrons. The van der Waals surface area contributed by atoms with Gasteiger partial charge in [-0.15, -0.1) is 10.2 Å². The summed E-state index contributed by atoms with van der Waals surface area (Å²) >= 11 is 1.43. The third kappa shape index (κ3) is 4.38. The zero-order valence-electron chi connectivity index (χ0n) is 15.0. The number of thioether (sulfide) groups is 1. The molecule has 5 nitrogen and oxygen atoms in total. The number of benzene rings is 1. The van der Waals surface area contributed by atoms with Crippen LogP contribution in [0.3, 0.4) is 0 Å². The molecule has 2 aromatic rings. The van der Waals surface area contributed by atoms with E-state index >= 15 is 0 Å². The van der Waals surface area contributed by atoms with Crippen LogP contribution in [0.5, 0.6) is 0 Å². The van der Waals surface area contributed by atoms with Gasteiger partial charge in [-0.3, -0.25) is 4.79 Å². The van der Waals surface area contributed by atoms with Crippen LogP contribution in [0.25, 0.3) is 11.4 Å². The van der Waals surface area contributed by atoms with Crippen molar-refractivity contribution in [2.24, 2.45) is 5.92 Å². The molecule has 1 heterocycles. The molecule has 0 bridgehead atoms. The van der Waals surface area contributed by atoms with Gasteiger partial charge in [0.25, 0.3) is 0 Å². The second kappa shape index (κ2) is 8.33. The maximum atomic E-state index is 12.1. The molecule has 2 rings (SSSR count). The van der Waals surface area contributed by atoms with Crippen LogP contribution in [0.2, 0.25) is 0 Å². The first-order valence-electron chi connectivity index (χ1n) is 8.35. The molecular formula is C18H26N4OS. The first kappa shape index (κ1) is 18.5. The minimum absolute atomic E-state index is 0.0318. The molecule has 0 saturated carbocycles. The van der Waals surface area contributed by atoms with Gasteiger partial charge in [-0.1, -0.05) is 49.9 Å². The van der Waals surface area contributed by atoms with E-state index in [1.54, 1.807) is 0 Å². The summed E-state index contributed by atoms with van der Waals surface area (Å²) in [4.78, 5) is 12.1. The molecular weight excluding hydrogens is 320 g/mol. The molecule has 6 heteroatoms. The molecule has 1 amide bonds. The Balaban J connectivity index is 2.10. The molecule has 1 aromatic carbocycles. The Kier molecular flexibility index (Phi) is 6.43. The maximum absolute atomic E-state index is 12.1. The molecule has 0 fully saturated rings. The highest BCUT2D eigenvalue weighted by Crippen LogP contribution is 2.26. The largest absolute Gasteiger partial charge is 0.353 e. The van der Waals surface area contributed by atoms with Crippen molar-refractivity contribution in [3.63, 3.8) is 0 Å². The van der Waals surface area contributed by atoms with Gasteiger partial charge in [-0.2, -0.15) is 0 Å². The number of carbonyl (C=O) groups is 1. The van der Waals surface area contributed by atoms with E-state index in [4.69, 9.17) is 0 Å². The Morgan fingerprint density at radius 2 is 1.96 bits per heavy atom. The fourth-order valence-corrected chi connectivity index (χ4v) is 3.11. The van der Waals surface area contributed by atoms with Crippen molar-refractivity contribution >= 4 is 17.7 Å². The highest BCUT2D eigenvalue weighted by Gasteiger charge is 2.16. The van der Waals surface area contributed by atoms with E-state index in [0.29, 0.717) is 11.7 Å². The molecule has 1 N–H and O–H groups in total. The Morgan fingerprint density at radius 3 is 2.58 bits per heavy atom. The van der Waals surface area contributed by atoms with Crippen molar-refractivity contribution in [3.8, 4) is 11.4 Å². The van der Waals surface area contributed by atoms with Gasteiger partial charge in [-0.25, -0.2) is 0 Å². The minimum atomic E-state index is 0.0318. The van der Waals surface area contributed by atoms with Crippen molar-refractivity contribution in [3.05, 3.63) is 29.8 Å². The standard InChI is InChI=1S/C18H26N4OS/c1-6-22-17(15-10-8-7-9-13(15)4)20-21-18(22)24-11-16(23)19-14(5)12(2)3/h7-10,12,14H,6,11H2,1-5H3,(H,19,23)/t14-/m1/s1. The average molecular weight is 347 g/mol. The fraction of sp³-hybridized carbons (Fsp3) is 0.500. The van der Waals surface area contributed by atoms with Crippen LogP contribution >= 0.6 is 11.8 Å².